The molecule has 0 unspecified atom stereocenters. The molecule has 0 aliphatic rings. The molecule has 8 nitrogen and oxygen atoms in total. The highest BCUT2D eigenvalue weighted by Crippen LogP contribution is 2.28. The number of ether oxygens (including phenoxy) is 1. The average Bonchev–Trinajstić information content (AvgIpc) is 3.02. The van der Waals surface area contributed by atoms with Gasteiger partial charge in [-0.3, -0.25) is 10.1 Å². The normalized spacial score (nSPS) is 11.4. The summed E-state index contributed by atoms with van der Waals surface area (Å²) >= 11 is 1.16. The standard InChI is InChI=1S/C18H17N3O5S2/c1-4-26-17(23)12-6-8-14(19-10(12)2)16(22)21-18-20-13-7-5-11(28(3,24)25)9-15(13)27-18/h5-9H,4H2,1-3H3,(H,20,21,22). The van der Waals surface area contributed by atoms with Crippen molar-refractivity contribution in [3.05, 3.63) is 47.3 Å². The molecule has 2 aromatic heterocycles. The summed E-state index contributed by atoms with van der Waals surface area (Å²) in [5.74, 6) is -0.979. The zero-order valence-corrected chi connectivity index (χ0v) is 17.0. The molecule has 0 saturated heterocycles. The number of fused-ring (bicyclic) bond motifs is 1. The molecule has 28 heavy (non-hydrogen) atoms. The topological polar surface area (TPSA) is 115 Å². The fourth-order valence-corrected chi connectivity index (χ4v) is 4.08. The maximum Gasteiger partial charge on any atom is 0.339 e. The van der Waals surface area contributed by atoms with Crippen molar-refractivity contribution in [2.24, 2.45) is 0 Å². The van der Waals surface area contributed by atoms with Gasteiger partial charge in [0.2, 0.25) is 0 Å². The number of esters is 1. The van der Waals surface area contributed by atoms with Crippen molar-refractivity contribution in [1.29, 1.82) is 0 Å². The SMILES string of the molecule is CCOC(=O)c1ccc(C(=O)Nc2nc3ccc(S(C)(=O)=O)cc3s2)nc1C. The van der Waals surface area contributed by atoms with Crippen molar-refractivity contribution in [1.82, 2.24) is 9.97 Å². The number of hydrogen-bond donors (Lipinski definition) is 1. The van der Waals surface area contributed by atoms with Crippen LogP contribution >= 0.6 is 11.3 Å². The van der Waals surface area contributed by atoms with Gasteiger partial charge in [0.15, 0.2) is 15.0 Å². The van der Waals surface area contributed by atoms with Crippen molar-refractivity contribution in [2.75, 3.05) is 18.2 Å². The summed E-state index contributed by atoms with van der Waals surface area (Å²) in [6, 6.07) is 7.51. The Labute approximate surface area is 165 Å². The Balaban J connectivity index is 1.83. The summed E-state index contributed by atoms with van der Waals surface area (Å²) in [6.45, 7) is 3.58. The van der Waals surface area contributed by atoms with Crippen LogP contribution < -0.4 is 5.32 Å². The van der Waals surface area contributed by atoms with Gasteiger partial charge in [-0.15, -0.1) is 0 Å². The van der Waals surface area contributed by atoms with E-state index in [1.54, 1.807) is 19.9 Å². The van der Waals surface area contributed by atoms with Crippen LogP contribution in [0.4, 0.5) is 5.13 Å². The highest BCUT2D eigenvalue weighted by Gasteiger charge is 2.17. The van der Waals surface area contributed by atoms with E-state index in [1.807, 2.05) is 0 Å². The summed E-state index contributed by atoms with van der Waals surface area (Å²) in [6.07, 6.45) is 1.13. The van der Waals surface area contributed by atoms with E-state index in [0.717, 1.165) is 17.6 Å². The number of carbonyl (C=O) groups excluding carboxylic acids is 2. The van der Waals surface area contributed by atoms with Gasteiger partial charge in [-0.25, -0.2) is 23.2 Å². The summed E-state index contributed by atoms with van der Waals surface area (Å²) in [7, 11) is -3.33. The molecule has 0 bridgehead atoms. The Hall–Kier alpha value is -2.85. The first-order chi connectivity index (χ1) is 13.2. The predicted octanol–water partition coefficient (Wildman–Crippen LogP) is 2.83. The molecule has 0 radical (unpaired) electrons. The van der Waals surface area contributed by atoms with Crippen LogP contribution in [0.15, 0.2) is 35.2 Å². The monoisotopic (exact) mass is 419 g/mol. The Morgan fingerprint density at radius 2 is 1.93 bits per heavy atom. The molecule has 1 amide bonds. The van der Waals surface area contributed by atoms with Crippen LogP contribution in [-0.4, -0.2) is 43.1 Å². The Kier molecular flexibility index (Phi) is 5.43. The van der Waals surface area contributed by atoms with Crippen molar-refractivity contribution < 1.29 is 22.7 Å². The van der Waals surface area contributed by atoms with Gasteiger partial charge in [-0.2, -0.15) is 0 Å². The number of aryl methyl sites for hydroxylation is 1. The molecule has 2 heterocycles. The fourth-order valence-electron chi connectivity index (χ4n) is 2.46. The van der Waals surface area contributed by atoms with Gasteiger partial charge in [0.25, 0.3) is 5.91 Å². The molecule has 10 heteroatoms. The highest BCUT2D eigenvalue weighted by molar-refractivity contribution is 7.90. The highest BCUT2D eigenvalue weighted by atomic mass is 32.2. The molecule has 1 N–H and O–H groups in total. The molecule has 0 atom stereocenters. The minimum Gasteiger partial charge on any atom is -0.462 e. The van der Waals surface area contributed by atoms with Crippen molar-refractivity contribution >= 4 is 48.4 Å². The third-order valence-corrected chi connectivity index (χ3v) is 5.87. The van der Waals surface area contributed by atoms with E-state index < -0.39 is 21.7 Å². The lowest BCUT2D eigenvalue weighted by atomic mass is 10.2. The van der Waals surface area contributed by atoms with E-state index in [9.17, 15) is 18.0 Å². The van der Waals surface area contributed by atoms with Gasteiger partial charge in [-0.05, 0) is 44.2 Å². The lowest BCUT2D eigenvalue weighted by Gasteiger charge is -2.06. The van der Waals surface area contributed by atoms with Gasteiger partial charge in [0.1, 0.15) is 5.69 Å². The van der Waals surface area contributed by atoms with Crippen LogP contribution in [-0.2, 0) is 14.6 Å². The van der Waals surface area contributed by atoms with Gasteiger partial charge < -0.3 is 4.74 Å². The number of anilines is 1. The number of hydrogen-bond acceptors (Lipinski definition) is 8. The number of nitrogens with zero attached hydrogens (tertiary/aromatic N) is 2. The average molecular weight is 419 g/mol. The molecular weight excluding hydrogens is 402 g/mol. The summed E-state index contributed by atoms with van der Waals surface area (Å²) < 4.78 is 28.9. The number of sulfone groups is 1. The third kappa shape index (κ3) is 4.18. The number of carbonyl (C=O) groups is 2. The second-order valence-electron chi connectivity index (χ2n) is 5.92. The van der Waals surface area contributed by atoms with Crippen molar-refractivity contribution in [2.45, 2.75) is 18.7 Å². The zero-order chi connectivity index (χ0) is 20.5. The van der Waals surface area contributed by atoms with Crippen LogP contribution in [0.5, 0.6) is 0 Å². The van der Waals surface area contributed by atoms with Gasteiger partial charge in [-0.1, -0.05) is 11.3 Å². The van der Waals surface area contributed by atoms with E-state index in [4.69, 9.17) is 4.74 Å². The number of nitrogens with one attached hydrogen (secondary N) is 1. The van der Waals surface area contributed by atoms with Crippen molar-refractivity contribution in [3.8, 4) is 0 Å². The largest absolute Gasteiger partial charge is 0.462 e. The molecule has 0 fully saturated rings. The predicted molar refractivity (Wildman–Crippen MR) is 106 cm³/mol. The van der Waals surface area contributed by atoms with Crippen LogP contribution in [0, 0.1) is 6.92 Å². The number of pyridine rings is 1. The van der Waals surface area contributed by atoms with Crippen LogP contribution in [0.1, 0.15) is 33.5 Å². The molecule has 0 aliphatic carbocycles. The van der Waals surface area contributed by atoms with E-state index in [0.29, 0.717) is 26.6 Å². The first-order valence-electron chi connectivity index (χ1n) is 8.26. The minimum atomic E-state index is -3.33. The van der Waals surface area contributed by atoms with Crippen molar-refractivity contribution in [3.63, 3.8) is 0 Å². The quantitative estimate of drug-likeness (QED) is 0.632. The molecule has 146 valence electrons. The lowest BCUT2D eigenvalue weighted by molar-refractivity contribution is 0.0524. The summed E-state index contributed by atoms with van der Waals surface area (Å²) in [4.78, 5) is 32.9. The van der Waals surface area contributed by atoms with E-state index in [2.05, 4.69) is 15.3 Å². The second kappa shape index (κ2) is 7.64. The number of aromatic nitrogens is 2. The second-order valence-corrected chi connectivity index (χ2v) is 8.97. The maximum absolute atomic E-state index is 12.5. The Morgan fingerprint density at radius 3 is 2.57 bits per heavy atom. The smallest absolute Gasteiger partial charge is 0.339 e. The molecule has 3 aromatic rings. The minimum absolute atomic E-state index is 0.127. The Morgan fingerprint density at radius 1 is 1.18 bits per heavy atom. The Bertz CT molecular complexity index is 1190. The van der Waals surface area contributed by atoms with Crippen LogP contribution in [0.25, 0.3) is 10.2 Å². The number of benzene rings is 1. The van der Waals surface area contributed by atoms with E-state index >= 15 is 0 Å². The summed E-state index contributed by atoms with van der Waals surface area (Å²) in [5.41, 5.74) is 1.39. The van der Waals surface area contributed by atoms with Crippen LogP contribution in [0.3, 0.4) is 0 Å². The molecule has 0 aliphatic heterocycles. The lowest BCUT2D eigenvalue weighted by Crippen LogP contribution is -2.16. The molecule has 0 saturated carbocycles. The van der Waals surface area contributed by atoms with Gasteiger partial charge in [0.05, 0.1) is 33.0 Å². The molecular formula is C18H17N3O5S2. The fraction of sp³-hybridized carbons (Fsp3) is 0.222. The van der Waals surface area contributed by atoms with E-state index in [-0.39, 0.29) is 17.2 Å². The maximum atomic E-state index is 12.5. The molecule has 0 spiro atoms. The first kappa shape index (κ1) is 19.9. The number of thiazole rings is 1. The van der Waals surface area contributed by atoms with E-state index in [1.165, 1.54) is 24.3 Å². The number of amides is 1. The number of rotatable bonds is 5. The molecule has 1 aromatic carbocycles. The zero-order valence-electron chi connectivity index (χ0n) is 15.3. The first-order valence-corrected chi connectivity index (χ1v) is 11.0. The van der Waals surface area contributed by atoms with Gasteiger partial charge in [0, 0.05) is 6.26 Å². The van der Waals surface area contributed by atoms with Gasteiger partial charge >= 0.3 is 5.97 Å². The molecule has 3 rings (SSSR count). The summed E-state index contributed by atoms with van der Waals surface area (Å²) in [5, 5.41) is 2.97. The third-order valence-electron chi connectivity index (χ3n) is 3.82. The van der Waals surface area contributed by atoms with Crippen LogP contribution in [0.2, 0.25) is 0 Å².